The number of rotatable bonds is 14. The third kappa shape index (κ3) is 8.08. The summed E-state index contributed by atoms with van der Waals surface area (Å²) in [6.45, 7) is 4.91. The maximum Gasteiger partial charge on any atom is 0.323 e. The summed E-state index contributed by atoms with van der Waals surface area (Å²) in [6.07, 6.45) is -0.187. The highest BCUT2D eigenvalue weighted by Gasteiger charge is 2.44. The number of nitrogens with zero attached hydrogens (tertiary/aromatic N) is 2. The quantitative estimate of drug-likeness (QED) is 0.146. The summed E-state index contributed by atoms with van der Waals surface area (Å²) in [4.78, 5) is 53.7. The molecule has 5 N–H and O–H groups in total. The number of nitrogens with one attached hydrogen (secondary N) is 2. The summed E-state index contributed by atoms with van der Waals surface area (Å²) in [5, 5.41) is 24.6. The van der Waals surface area contributed by atoms with Crippen LogP contribution >= 0.6 is 0 Å². The highest BCUT2D eigenvalue weighted by atomic mass is 19.1. The van der Waals surface area contributed by atoms with Crippen molar-refractivity contribution in [2.75, 3.05) is 11.9 Å². The molecule has 2 amide bonds. The number of ether oxygens (including phenoxy) is 2. The number of urea groups is 1. The molecule has 42 heavy (non-hydrogen) atoms. The summed E-state index contributed by atoms with van der Waals surface area (Å²) in [7, 11) is 0. The molecular formula is C29H34FN5O7. The second-order valence-electron chi connectivity index (χ2n) is 9.97. The molecule has 13 heteroatoms. The van der Waals surface area contributed by atoms with Gasteiger partial charge in [0.05, 0.1) is 17.7 Å². The molecular weight excluding hydrogens is 549 g/mol. The minimum atomic E-state index is -2.08. The average Bonchev–Trinajstić information content (AvgIpc) is 3.73. The third-order valence-corrected chi connectivity index (χ3v) is 7.00. The van der Waals surface area contributed by atoms with Crippen molar-refractivity contribution >= 4 is 29.4 Å². The molecule has 224 valence electrons. The topological polar surface area (TPSA) is 194 Å². The Morgan fingerprint density at radius 1 is 1.24 bits per heavy atom. The Kier molecular flexibility index (Phi) is 11.1. The molecule has 0 spiro atoms. The van der Waals surface area contributed by atoms with E-state index in [0.717, 1.165) is 6.07 Å². The zero-order chi connectivity index (χ0) is 31.0. The maximum absolute atomic E-state index is 15.1. The normalized spacial score (nSPS) is 17.6. The van der Waals surface area contributed by atoms with Crippen LogP contribution in [0, 0.1) is 23.1 Å². The molecule has 0 saturated heterocycles. The number of carbonyl (C=O) groups is 4. The number of nitrogens with two attached hydrogens (primary N) is 1. The lowest BCUT2D eigenvalue weighted by molar-refractivity contribution is -0.150. The number of hydrogen-bond acceptors (Lipinski definition) is 10. The molecule has 1 fully saturated rings. The summed E-state index contributed by atoms with van der Waals surface area (Å²) in [6, 6.07) is 5.13. The molecule has 2 aromatic rings. The Balaban J connectivity index is 1.69. The number of aliphatic hydroxyl groups excluding tert-OH is 1. The van der Waals surface area contributed by atoms with Gasteiger partial charge in [-0.2, -0.15) is 5.26 Å². The van der Waals surface area contributed by atoms with E-state index >= 15 is 4.39 Å². The third-order valence-electron chi connectivity index (χ3n) is 7.00. The van der Waals surface area contributed by atoms with Crippen molar-refractivity contribution in [2.24, 2.45) is 11.7 Å². The van der Waals surface area contributed by atoms with Gasteiger partial charge >= 0.3 is 12.0 Å². The summed E-state index contributed by atoms with van der Waals surface area (Å²) in [5.74, 6) is -3.52. The number of nitriles is 1. The fraction of sp³-hybridized carbons (Fsp3) is 0.448. The molecule has 1 aliphatic carbocycles. The van der Waals surface area contributed by atoms with Gasteiger partial charge < -0.3 is 25.6 Å². The van der Waals surface area contributed by atoms with Gasteiger partial charge in [0, 0.05) is 36.6 Å². The van der Waals surface area contributed by atoms with Gasteiger partial charge in [-0.25, -0.2) is 14.2 Å². The highest BCUT2D eigenvalue weighted by molar-refractivity contribution is 5.99. The molecule has 1 aromatic carbocycles. The van der Waals surface area contributed by atoms with Crippen LogP contribution < -0.4 is 21.1 Å². The fourth-order valence-corrected chi connectivity index (χ4v) is 4.12. The molecule has 1 aliphatic rings. The van der Waals surface area contributed by atoms with E-state index in [2.05, 4.69) is 15.6 Å². The molecule has 5 atom stereocenters. The number of pyridine rings is 1. The number of aromatic nitrogens is 1. The number of anilines is 1. The average molecular weight is 584 g/mol. The lowest BCUT2D eigenvalue weighted by Gasteiger charge is -2.20. The van der Waals surface area contributed by atoms with Crippen molar-refractivity contribution in [3.8, 4) is 11.8 Å². The Morgan fingerprint density at radius 3 is 2.60 bits per heavy atom. The van der Waals surface area contributed by atoms with E-state index in [0.29, 0.717) is 18.4 Å². The van der Waals surface area contributed by atoms with Gasteiger partial charge in [0.1, 0.15) is 29.5 Å². The minimum Gasteiger partial charge on any atom is -0.464 e. The Hall–Kier alpha value is -4.41. The number of amides is 2. The van der Waals surface area contributed by atoms with Crippen LogP contribution in [0.4, 0.5) is 15.0 Å². The van der Waals surface area contributed by atoms with E-state index in [1.807, 2.05) is 13.0 Å². The molecule has 1 aromatic heterocycles. The number of Topliss-reactive ketones (excluding diaryl/α,β-unsaturated/α-hetero) is 2. The van der Waals surface area contributed by atoms with Gasteiger partial charge in [-0.15, -0.1) is 0 Å². The monoisotopic (exact) mass is 583 g/mol. The number of halogens is 1. The number of ketones is 2. The summed E-state index contributed by atoms with van der Waals surface area (Å²) >= 11 is 0. The second kappa shape index (κ2) is 14.5. The molecule has 0 bridgehead atoms. The smallest absolute Gasteiger partial charge is 0.323 e. The maximum atomic E-state index is 15.1. The van der Waals surface area contributed by atoms with Crippen LogP contribution in [0.1, 0.15) is 73.9 Å². The zero-order valence-corrected chi connectivity index (χ0v) is 23.6. The lowest BCUT2D eigenvalue weighted by Crippen LogP contribution is -2.38. The first-order chi connectivity index (χ1) is 20.0. The first-order valence-electron chi connectivity index (χ1n) is 13.6. The van der Waals surface area contributed by atoms with Crippen molar-refractivity contribution in [3.05, 3.63) is 53.0 Å². The van der Waals surface area contributed by atoms with Crippen molar-refractivity contribution < 1.29 is 38.1 Å². The molecule has 1 heterocycles. The number of hydrogen-bond donors (Lipinski definition) is 4. The van der Waals surface area contributed by atoms with Crippen molar-refractivity contribution in [3.63, 3.8) is 0 Å². The van der Waals surface area contributed by atoms with Gasteiger partial charge in [0.2, 0.25) is 5.78 Å². The predicted molar refractivity (Wildman–Crippen MR) is 148 cm³/mol. The van der Waals surface area contributed by atoms with Crippen molar-refractivity contribution in [1.82, 2.24) is 10.3 Å². The largest absolute Gasteiger partial charge is 0.464 e. The van der Waals surface area contributed by atoms with Crippen molar-refractivity contribution in [2.45, 2.75) is 70.7 Å². The Labute approximate surface area is 242 Å². The molecule has 1 saturated carbocycles. The standard InChI is InChI=1S/C29H34FN5O7/c1-4-15(3)25(32)28(39)41-11-10-22(37)27(38)42-26-17(21(36)5-2)7-8-19(30)24(26)18-12-20(18)34-29(40)35-23-9-6-16(13-31)14-33-23/h6-9,14-15,18,20,25,27,38H,4-5,10-12,32H2,1-3H3,(H2,33,34,35,40)/t15-,18?,20?,25-,27?/m0/s1. The van der Waals surface area contributed by atoms with Gasteiger partial charge in [0.15, 0.2) is 5.78 Å². The zero-order valence-electron chi connectivity index (χ0n) is 23.6. The molecule has 3 unspecified atom stereocenters. The van der Waals surface area contributed by atoms with Crippen LogP contribution in [0.3, 0.4) is 0 Å². The summed E-state index contributed by atoms with van der Waals surface area (Å²) in [5.41, 5.74) is 6.05. The molecule has 0 aliphatic heterocycles. The number of carbonyl (C=O) groups excluding carboxylic acids is 4. The van der Waals surface area contributed by atoms with Crippen LogP contribution in [-0.4, -0.2) is 58.6 Å². The number of benzene rings is 1. The number of esters is 1. The van der Waals surface area contributed by atoms with E-state index in [1.165, 1.54) is 24.4 Å². The van der Waals surface area contributed by atoms with Crippen LogP contribution in [0.5, 0.6) is 5.75 Å². The van der Waals surface area contributed by atoms with Crippen LogP contribution in [0.2, 0.25) is 0 Å². The Morgan fingerprint density at radius 2 is 1.98 bits per heavy atom. The van der Waals surface area contributed by atoms with E-state index in [4.69, 9.17) is 20.5 Å². The van der Waals surface area contributed by atoms with Gasteiger partial charge in [-0.3, -0.25) is 19.7 Å². The Bertz CT molecular complexity index is 1360. The van der Waals surface area contributed by atoms with Gasteiger partial charge in [-0.05, 0) is 36.6 Å². The first kappa shape index (κ1) is 32.1. The number of aliphatic hydroxyl groups is 1. The first-order valence-corrected chi connectivity index (χ1v) is 13.6. The van der Waals surface area contributed by atoms with Gasteiger partial charge in [0.25, 0.3) is 6.29 Å². The second-order valence-corrected chi connectivity index (χ2v) is 9.97. The van der Waals surface area contributed by atoms with E-state index in [-0.39, 0.29) is 41.6 Å². The highest BCUT2D eigenvalue weighted by Crippen LogP contribution is 2.47. The summed E-state index contributed by atoms with van der Waals surface area (Å²) < 4.78 is 25.7. The van der Waals surface area contributed by atoms with Crippen LogP contribution in [0.25, 0.3) is 0 Å². The van der Waals surface area contributed by atoms with Crippen LogP contribution in [0.15, 0.2) is 30.5 Å². The van der Waals surface area contributed by atoms with E-state index in [9.17, 15) is 24.3 Å². The predicted octanol–water partition coefficient (Wildman–Crippen LogP) is 2.94. The van der Waals surface area contributed by atoms with Crippen LogP contribution in [-0.2, 0) is 14.3 Å². The SMILES string of the molecule is CCC(=O)c1ccc(F)c(C2CC2NC(=O)Nc2ccc(C#N)cn2)c1OC(O)C(=O)CCOC(=O)[C@@H](N)[C@@H](C)CC. The minimum absolute atomic E-state index is 0.0245. The van der Waals surface area contributed by atoms with Gasteiger partial charge in [-0.1, -0.05) is 27.2 Å². The fourth-order valence-electron chi connectivity index (χ4n) is 4.12. The van der Waals surface area contributed by atoms with E-state index in [1.54, 1.807) is 13.8 Å². The van der Waals surface area contributed by atoms with E-state index < -0.39 is 60.1 Å². The molecule has 12 nitrogen and oxygen atoms in total. The van der Waals surface area contributed by atoms with Crippen molar-refractivity contribution in [1.29, 1.82) is 5.26 Å². The molecule has 3 rings (SSSR count). The molecule has 0 radical (unpaired) electrons. The lowest BCUT2D eigenvalue weighted by atomic mass is 9.99.